The Kier molecular flexibility index (Phi) is 6.30. The van der Waals surface area contributed by atoms with Crippen molar-refractivity contribution >= 4 is 35.0 Å². The highest BCUT2D eigenvalue weighted by Crippen LogP contribution is 2.12. The minimum atomic E-state index is -0.963. The summed E-state index contributed by atoms with van der Waals surface area (Å²) in [6, 6.07) is 6.18. The molecule has 2 rings (SSSR count). The molecule has 0 saturated heterocycles. The lowest BCUT2D eigenvalue weighted by Crippen LogP contribution is -2.35. The molecule has 0 fully saturated rings. The van der Waals surface area contributed by atoms with E-state index in [9.17, 15) is 24.0 Å². The van der Waals surface area contributed by atoms with Crippen LogP contribution in [0.3, 0.4) is 0 Å². The topological polar surface area (TPSA) is 141 Å². The molecule has 0 bridgehead atoms. The summed E-state index contributed by atoms with van der Waals surface area (Å²) in [7, 11) is 1.28. The van der Waals surface area contributed by atoms with Crippen LogP contribution in [0, 0.1) is 0 Å². The number of rotatable bonds is 7. The third-order valence-electron chi connectivity index (χ3n) is 3.74. The van der Waals surface area contributed by atoms with Crippen LogP contribution in [0.25, 0.3) is 0 Å². The van der Waals surface area contributed by atoms with E-state index in [1.165, 1.54) is 19.2 Å². The van der Waals surface area contributed by atoms with Crippen molar-refractivity contribution in [2.24, 2.45) is 7.05 Å². The van der Waals surface area contributed by atoms with Gasteiger partial charge in [-0.3, -0.25) is 28.7 Å². The number of H-pyrrole nitrogens is 1. The molecule has 0 radical (unpaired) electrons. The van der Waals surface area contributed by atoms with Gasteiger partial charge in [0, 0.05) is 24.1 Å². The fourth-order valence-electron chi connectivity index (χ4n) is 2.19. The van der Waals surface area contributed by atoms with Gasteiger partial charge >= 0.3 is 11.7 Å². The number of benzene rings is 1. The molecule has 0 atom stereocenters. The predicted molar refractivity (Wildman–Crippen MR) is 97.0 cm³/mol. The van der Waals surface area contributed by atoms with E-state index < -0.39 is 35.2 Å². The molecular formula is C17H16ClN3O6. The number of nitrogens with one attached hydrogen (secondary N) is 1. The number of Topliss-reactive ketones (excluding diaryl/α,β-unsaturated/α-hetero) is 2. The largest absolute Gasteiger partial charge is 0.457 e. The van der Waals surface area contributed by atoms with Gasteiger partial charge in [0.05, 0.1) is 6.42 Å². The summed E-state index contributed by atoms with van der Waals surface area (Å²) in [5.74, 6) is -2.26. The van der Waals surface area contributed by atoms with Crippen LogP contribution in [0.15, 0.2) is 33.9 Å². The summed E-state index contributed by atoms with van der Waals surface area (Å²) in [6.07, 6.45) is -0.356. The number of hydrogen-bond acceptors (Lipinski definition) is 7. The second-order valence-electron chi connectivity index (χ2n) is 5.59. The smallest absolute Gasteiger partial charge is 0.329 e. The monoisotopic (exact) mass is 393 g/mol. The standard InChI is InChI=1S/C17H16ClN3O6/c1-21-15(19)14(16(25)20-17(21)26)12(23)8-27-13(24)7-6-11(22)9-2-4-10(18)5-3-9/h2-5H,6-8,19H2,1H3,(H,20,25,26). The molecule has 2 aromatic rings. The second-order valence-corrected chi connectivity index (χ2v) is 6.03. The van der Waals surface area contributed by atoms with Gasteiger partial charge in [0.2, 0.25) is 5.78 Å². The van der Waals surface area contributed by atoms with Crippen molar-refractivity contribution in [3.63, 3.8) is 0 Å². The maximum absolute atomic E-state index is 12.1. The number of aromatic nitrogens is 2. The van der Waals surface area contributed by atoms with Crippen molar-refractivity contribution in [1.29, 1.82) is 0 Å². The SMILES string of the molecule is Cn1c(N)c(C(=O)COC(=O)CCC(=O)c2ccc(Cl)cc2)c(=O)[nH]c1=O. The van der Waals surface area contributed by atoms with Crippen molar-refractivity contribution in [3.05, 3.63) is 61.3 Å². The summed E-state index contributed by atoms with van der Waals surface area (Å²) in [5, 5.41) is 0.483. The number of ether oxygens (including phenoxy) is 1. The van der Waals surface area contributed by atoms with Crippen molar-refractivity contribution < 1.29 is 19.1 Å². The van der Waals surface area contributed by atoms with Crippen LogP contribution >= 0.6 is 11.6 Å². The highest BCUT2D eigenvalue weighted by Gasteiger charge is 2.20. The Hall–Kier alpha value is -3.20. The van der Waals surface area contributed by atoms with E-state index in [0.717, 1.165) is 4.57 Å². The molecule has 3 N–H and O–H groups in total. The van der Waals surface area contributed by atoms with E-state index in [2.05, 4.69) is 0 Å². The lowest BCUT2D eigenvalue weighted by Gasteiger charge is -2.08. The summed E-state index contributed by atoms with van der Waals surface area (Å²) in [6.45, 7) is -0.737. The van der Waals surface area contributed by atoms with Gasteiger partial charge < -0.3 is 10.5 Å². The van der Waals surface area contributed by atoms with Gasteiger partial charge in [0.15, 0.2) is 12.4 Å². The Morgan fingerprint density at radius 3 is 2.37 bits per heavy atom. The number of ketones is 2. The van der Waals surface area contributed by atoms with Gasteiger partial charge in [-0.25, -0.2) is 4.79 Å². The van der Waals surface area contributed by atoms with Crippen molar-refractivity contribution in [2.45, 2.75) is 12.8 Å². The van der Waals surface area contributed by atoms with Crippen molar-refractivity contribution in [3.8, 4) is 0 Å². The van der Waals surface area contributed by atoms with Gasteiger partial charge in [-0.1, -0.05) is 11.6 Å². The second kappa shape index (κ2) is 8.45. The lowest BCUT2D eigenvalue weighted by atomic mass is 10.1. The molecule has 142 valence electrons. The molecule has 1 heterocycles. The number of halogens is 1. The molecule has 9 nitrogen and oxygen atoms in total. The van der Waals surface area contributed by atoms with E-state index in [0.29, 0.717) is 10.6 Å². The number of carbonyl (C=O) groups is 3. The summed E-state index contributed by atoms with van der Waals surface area (Å²) in [5.41, 5.74) is 3.78. The third-order valence-corrected chi connectivity index (χ3v) is 3.99. The molecule has 0 aliphatic rings. The number of nitrogens with zero attached hydrogens (tertiary/aromatic N) is 1. The van der Waals surface area contributed by atoms with E-state index in [4.69, 9.17) is 22.1 Å². The Bertz CT molecular complexity index is 1010. The van der Waals surface area contributed by atoms with E-state index in [-0.39, 0.29) is 24.4 Å². The highest BCUT2D eigenvalue weighted by molar-refractivity contribution is 6.30. The lowest BCUT2D eigenvalue weighted by molar-refractivity contribution is -0.142. The summed E-state index contributed by atoms with van der Waals surface area (Å²) >= 11 is 5.74. The maximum atomic E-state index is 12.1. The normalized spacial score (nSPS) is 10.4. The molecule has 1 aromatic carbocycles. The van der Waals surface area contributed by atoms with E-state index in [1.807, 2.05) is 4.98 Å². The Morgan fingerprint density at radius 1 is 1.11 bits per heavy atom. The molecule has 0 saturated carbocycles. The average molecular weight is 394 g/mol. The first-order chi connectivity index (χ1) is 12.7. The number of carbonyl (C=O) groups excluding carboxylic acids is 3. The fourth-order valence-corrected chi connectivity index (χ4v) is 2.32. The number of aromatic amines is 1. The Morgan fingerprint density at radius 2 is 1.74 bits per heavy atom. The number of nitrogen functional groups attached to an aromatic ring is 1. The van der Waals surface area contributed by atoms with E-state index in [1.54, 1.807) is 12.1 Å². The van der Waals surface area contributed by atoms with Crippen LogP contribution in [0.2, 0.25) is 5.02 Å². The Labute approximate surface area is 157 Å². The van der Waals surface area contributed by atoms with Crippen LogP contribution < -0.4 is 17.0 Å². The highest BCUT2D eigenvalue weighted by atomic mass is 35.5. The van der Waals surface area contributed by atoms with Gasteiger partial charge in [-0.2, -0.15) is 0 Å². The van der Waals surface area contributed by atoms with Crippen LogP contribution in [-0.4, -0.2) is 33.7 Å². The molecule has 0 unspecified atom stereocenters. The molecule has 1 aromatic heterocycles. The summed E-state index contributed by atoms with van der Waals surface area (Å²) < 4.78 is 5.68. The fraction of sp³-hybridized carbons (Fsp3) is 0.235. The predicted octanol–water partition coefficient (Wildman–Crippen LogP) is 0.698. The molecule has 0 aliphatic heterocycles. The zero-order valence-corrected chi connectivity index (χ0v) is 15.0. The minimum absolute atomic E-state index is 0.114. The van der Waals surface area contributed by atoms with Crippen LogP contribution in [0.5, 0.6) is 0 Å². The zero-order chi connectivity index (χ0) is 20.1. The molecular weight excluding hydrogens is 378 g/mol. The molecule has 10 heteroatoms. The van der Waals surface area contributed by atoms with Crippen molar-refractivity contribution in [1.82, 2.24) is 9.55 Å². The first-order valence-corrected chi connectivity index (χ1v) is 8.15. The first-order valence-electron chi connectivity index (χ1n) is 7.77. The van der Waals surface area contributed by atoms with Gasteiger partial charge in [-0.15, -0.1) is 0 Å². The Balaban J connectivity index is 1.92. The maximum Gasteiger partial charge on any atom is 0.329 e. The molecule has 0 spiro atoms. The van der Waals surface area contributed by atoms with Crippen LogP contribution in [0.1, 0.15) is 33.6 Å². The van der Waals surface area contributed by atoms with Gasteiger partial charge in [-0.05, 0) is 24.3 Å². The van der Waals surface area contributed by atoms with Crippen molar-refractivity contribution in [2.75, 3.05) is 12.3 Å². The quantitative estimate of drug-likeness (QED) is 0.520. The molecule has 0 amide bonds. The molecule has 0 aliphatic carbocycles. The van der Waals surface area contributed by atoms with Gasteiger partial charge in [0.1, 0.15) is 11.4 Å². The number of esters is 1. The van der Waals surface area contributed by atoms with Crippen LogP contribution in [0.4, 0.5) is 5.82 Å². The number of anilines is 1. The zero-order valence-electron chi connectivity index (χ0n) is 14.3. The third kappa shape index (κ3) is 4.91. The number of nitrogens with two attached hydrogens (primary N) is 1. The van der Waals surface area contributed by atoms with Gasteiger partial charge in [0.25, 0.3) is 5.56 Å². The van der Waals surface area contributed by atoms with E-state index >= 15 is 0 Å². The van der Waals surface area contributed by atoms with Crippen LogP contribution in [-0.2, 0) is 16.6 Å². The summed E-state index contributed by atoms with van der Waals surface area (Å²) in [4.78, 5) is 60.8. The minimum Gasteiger partial charge on any atom is -0.457 e. The average Bonchev–Trinajstić information content (AvgIpc) is 2.63. The first kappa shape index (κ1) is 20.1. The molecule has 27 heavy (non-hydrogen) atoms. The number of hydrogen-bond donors (Lipinski definition) is 2.